The second-order valence-electron chi connectivity index (χ2n) is 5.24. The fraction of sp³-hybridized carbons (Fsp3) is 0.533. The van der Waals surface area contributed by atoms with Gasteiger partial charge in [0.2, 0.25) is 5.91 Å². The highest BCUT2D eigenvalue weighted by Gasteiger charge is 2.29. The molecule has 0 saturated carbocycles. The van der Waals surface area contributed by atoms with Crippen LogP contribution in [0, 0.1) is 5.92 Å². The summed E-state index contributed by atoms with van der Waals surface area (Å²) in [5.41, 5.74) is 1.00. The van der Waals surface area contributed by atoms with Crippen LogP contribution in [0.1, 0.15) is 12.5 Å². The van der Waals surface area contributed by atoms with Gasteiger partial charge in [-0.25, -0.2) is 0 Å². The molecule has 110 valence electrons. The van der Waals surface area contributed by atoms with Crippen molar-refractivity contribution in [1.82, 2.24) is 10.6 Å². The highest BCUT2D eigenvalue weighted by Crippen LogP contribution is 2.19. The lowest BCUT2D eigenvalue weighted by molar-refractivity contribution is -0.125. The maximum absolute atomic E-state index is 12.2. The monoisotopic (exact) mass is 296 g/mol. The predicted molar refractivity (Wildman–Crippen MR) is 79.9 cm³/mol. The van der Waals surface area contributed by atoms with Gasteiger partial charge < -0.3 is 15.4 Å². The van der Waals surface area contributed by atoms with Crippen LogP contribution in [0.3, 0.4) is 0 Å². The number of methoxy groups -OCH3 is 1. The highest BCUT2D eigenvalue weighted by molar-refractivity contribution is 6.31. The van der Waals surface area contributed by atoms with Crippen LogP contribution in [0.25, 0.3) is 0 Å². The number of halogens is 1. The summed E-state index contributed by atoms with van der Waals surface area (Å²) in [5.74, 6) is -0.0753. The minimum absolute atomic E-state index is 0.0423. The Morgan fingerprint density at radius 1 is 1.50 bits per heavy atom. The van der Waals surface area contributed by atoms with Crippen molar-refractivity contribution < 1.29 is 9.53 Å². The molecule has 20 heavy (non-hydrogen) atoms. The number of nitrogens with one attached hydrogen (secondary N) is 2. The van der Waals surface area contributed by atoms with Crippen molar-refractivity contribution in [2.24, 2.45) is 5.92 Å². The lowest BCUT2D eigenvalue weighted by Gasteiger charge is -2.21. The number of carbonyl (C=O) groups is 1. The van der Waals surface area contributed by atoms with Crippen LogP contribution in [-0.4, -0.2) is 38.3 Å². The first-order valence-electron chi connectivity index (χ1n) is 6.89. The van der Waals surface area contributed by atoms with E-state index in [2.05, 4.69) is 10.6 Å². The van der Waals surface area contributed by atoms with Crippen LogP contribution in [0.5, 0.6) is 0 Å². The normalized spacial score (nSPS) is 23.6. The number of hydrogen-bond acceptors (Lipinski definition) is 3. The Hall–Kier alpha value is -1.10. The van der Waals surface area contributed by atoms with Crippen LogP contribution in [0.2, 0.25) is 5.02 Å². The van der Waals surface area contributed by atoms with E-state index >= 15 is 0 Å². The zero-order chi connectivity index (χ0) is 14.5. The molecule has 0 unspecified atom stereocenters. The minimum atomic E-state index is -0.118. The molecule has 0 spiro atoms. The zero-order valence-electron chi connectivity index (χ0n) is 11.9. The van der Waals surface area contributed by atoms with E-state index in [0.29, 0.717) is 11.4 Å². The summed E-state index contributed by atoms with van der Waals surface area (Å²) in [4.78, 5) is 12.2. The third-order valence-electron chi connectivity index (χ3n) is 3.72. The predicted octanol–water partition coefficient (Wildman–Crippen LogP) is 1.62. The topological polar surface area (TPSA) is 50.4 Å². The quantitative estimate of drug-likeness (QED) is 0.868. The van der Waals surface area contributed by atoms with Crippen molar-refractivity contribution in [3.05, 3.63) is 34.9 Å². The smallest absolute Gasteiger partial charge is 0.223 e. The molecule has 0 radical (unpaired) electrons. The fourth-order valence-corrected chi connectivity index (χ4v) is 2.67. The van der Waals surface area contributed by atoms with Crippen LogP contribution in [0.15, 0.2) is 24.3 Å². The number of ether oxygens (including phenoxy) is 1. The Kier molecular flexibility index (Phi) is 5.40. The molecule has 1 aromatic carbocycles. The molecule has 1 fully saturated rings. The second-order valence-corrected chi connectivity index (χ2v) is 5.65. The number of amides is 1. The lowest BCUT2D eigenvalue weighted by Crippen LogP contribution is -2.45. The molecule has 2 N–H and O–H groups in total. The Morgan fingerprint density at radius 3 is 2.95 bits per heavy atom. The van der Waals surface area contributed by atoms with Gasteiger partial charge in [-0.1, -0.05) is 36.7 Å². The molecule has 4 nitrogen and oxygen atoms in total. The molecular formula is C15H21ClN2O2. The number of rotatable bonds is 5. The number of carbonyl (C=O) groups excluding carboxylic acids is 1. The molecule has 0 aliphatic carbocycles. The molecule has 1 amide bonds. The molecular weight excluding hydrogens is 276 g/mol. The molecule has 0 bridgehead atoms. The van der Waals surface area contributed by atoms with Gasteiger partial charge in [0.15, 0.2) is 0 Å². The summed E-state index contributed by atoms with van der Waals surface area (Å²) in [6, 6.07) is 7.68. The maximum Gasteiger partial charge on any atom is 0.223 e. The summed E-state index contributed by atoms with van der Waals surface area (Å²) >= 11 is 6.13. The average Bonchev–Trinajstić information content (AvgIpc) is 2.88. The lowest BCUT2D eigenvalue weighted by atomic mass is 10.00. The molecule has 0 aromatic heterocycles. The van der Waals surface area contributed by atoms with Crippen molar-refractivity contribution in [1.29, 1.82) is 0 Å². The Bertz CT molecular complexity index is 467. The van der Waals surface area contributed by atoms with E-state index < -0.39 is 0 Å². The first-order valence-corrected chi connectivity index (χ1v) is 7.27. The Morgan fingerprint density at radius 2 is 2.25 bits per heavy atom. The minimum Gasteiger partial charge on any atom is -0.378 e. The van der Waals surface area contributed by atoms with Crippen LogP contribution in [0.4, 0.5) is 0 Å². The molecule has 1 aliphatic heterocycles. The molecule has 2 rings (SSSR count). The van der Waals surface area contributed by atoms with Crippen molar-refractivity contribution in [2.75, 3.05) is 20.2 Å². The van der Waals surface area contributed by atoms with E-state index in [1.807, 2.05) is 31.2 Å². The summed E-state index contributed by atoms with van der Waals surface area (Å²) in [5, 5.41) is 6.98. The summed E-state index contributed by atoms with van der Waals surface area (Å²) < 4.78 is 5.34. The van der Waals surface area contributed by atoms with Crippen molar-refractivity contribution in [3.63, 3.8) is 0 Å². The Balaban J connectivity index is 1.91. The molecule has 3 atom stereocenters. The summed E-state index contributed by atoms with van der Waals surface area (Å²) in [7, 11) is 1.67. The van der Waals surface area contributed by atoms with E-state index in [4.69, 9.17) is 16.3 Å². The van der Waals surface area contributed by atoms with Gasteiger partial charge in [0, 0.05) is 31.1 Å². The number of benzene rings is 1. The van der Waals surface area contributed by atoms with E-state index in [1.165, 1.54) is 0 Å². The number of hydrogen-bond donors (Lipinski definition) is 2. The van der Waals surface area contributed by atoms with E-state index in [1.54, 1.807) is 7.11 Å². The van der Waals surface area contributed by atoms with Gasteiger partial charge in [0.1, 0.15) is 0 Å². The van der Waals surface area contributed by atoms with E-state index in [0.717, 1.165) is 18.7 Å². The van der Waals surface area contributed by atoms with Gasteiger partial charge in [-0.3, -0.25) is 4.79 Å². The molecule has 1 aromatic rings. The van der Waals surface area contributed by atoms with Crippen molar-refractivity contribution >= 4 is 17.5 Å². The third-order valence-corrected chi connectivity index (χ3v) is 4.09. The van der Waals surface area contributed by atoms with E-state index in [-0.39, 0.29) is 24.0 Å². The summed E-state index contributed by atoms with van der Waals surface area (Å²) in [6.45, 7) is 3.45. The summed E-state index contributed by atoms with van der Waals surface area (Å²) in [6.07, 6.45) is 0.690. The van der Waals surface area contributed by atoms with Crippen LogP contribution < -0.4 is 10.6 Å². The Labute approximate surface area is 124 Å². The van der Waals surface area contributed by atoms with Crippen LogP contribution in [-0.2, 0) is 16.0 Å². The average molecular weight is 297 g/mol. The molecule has 5 heteroatoms. The zero-order valence-corrected chi connectivity index (χ0v) is 12.6. The second kappa shape index (κ2) is 7.07. The first-order chi connectivity index (χ1) is 9.61. The van der Waals surface area contributed by atoms with Gasteiger partial charge in [-0.15, -0.1) is 0 Å². The van der Waals surface area contributed by atoms with Gasteiger partial charge in [0.05, 0.1) is 12.1 Å². The van der Waals surface area contributed by atoms with Crippen molar-refractivity contribution in [2.45, 2.75) is 25.5 Å². The molecule has 1 saturated heterocycles. The van der Waals surface area contributed by atoms with Crippen LogP contribution >= 0.6 is 11.6 Å². The fourth-order valence-electron chi connectivity index (χ4n) is 2.46. The largest absolute Gasteiger partial charge is 0.378 e. The van der Waals surface area contributed by atoms with Gasteiger partial charge in [0.25, 0.3) is 0 Å². The highest BCUT2D eigenvalue weighted by atomic mass is 35.5. The molecule has 1 heterocycles. The van der Waals surface area contributed by atoms with Gasteiger partial charge in [-0.05, 0) is 18.1 Å². The van der Waals surface area contributed by atoms with Crippen molar-refractivity contribution in [3.8, 4) is 0 Å². The SMILES string of the molecule is CO[C@H]1CNC[C@@H]1NC(=O)[C@@H](C)Cc1ccccc1Cl. The van der Waals surface area contributed by atoms with E-state index in [9.17, 15) is 4.79 Å². The molecule has 1 aliphatic rings. The van der Waals surface area contributed by atoms with Gasteiger partial charge in [-0.2, -0.15) is 0 Å². The third kappa shape index (κ3) is 3.72. The van der Waals surface area contributed by atoms with Gasteiger partial charge >= 0.3 is 0 Å². The standard InChI is InChI=1S/C15H21ClN2O2/c1-10(7-11-5-3-4-6-12(11)16)15(19)18-13-8-17-9-14(13)20-2/h3-6,10,13-14,17H,7-9H2,1-2H3,(H,18,19)/t10-,13-,14-/m0/s1. The first kappa shape index (κ1) is 15.3. The maximum atomic E-state index is 12.2.